The average Bonchev–Trinajstić information content (AvgIpc) is 2.38. The Bertz CT molecular complexity index is 556. The Morgan fingerprint density at radius 1 is 1.50 bits per heavy atom. The van der Waals surface area contributed by atoms with Crippen molar-refractivity contribution in [3.63, 3.8) is 0 Å². The zero-order valence-corrected chi connectivity index (χ0v) is 9.87. The van der Waals surface area contributed by atoms with E-state index in [1.54, 1.807) is 12.3 Å². The van der Waals surface area contributed by atoms with Gasteiger partial charge in [0.25, 0.3) is 5.56 Å². The Morgan fingerprint density at radius 2 is 2.28 bits per heavy atom. The lowest BCUT2D eigenvalue weighted by atomic mass is 9.91. The molecule has 5 nitrogen and oxygen atoms in total. The molecule has 94 valence electrons. The number of aromatic carboxylic acids is 1. The van der Waals surface area contributed by atoms with Crippen LogP contribution in [-0.4, -0.2) is 21.7 Å². The van der Waals surface area contributed by atoms with Crippen LogP contribution >= 0.6 is 0 Å². The van der Waals surface area contributed by atoms with Gasteiger partial charge in [0.1, 0.15) is 5.56 Å². The molecular weight excluding hydrogens is 232 g/mol. The Hall–Kier alpha value is -2.09. The van der Waals surface area contributed by atoms with Crippen molar-refractivity contribution in [2.45, 2.75) is 37.8 Å². The minimum Gasteiger partial charge on any atom is -0.477 e. The molecule has 1 aromatic heterocycles. The van der Waals surface area contributed by atoms with E-state index in [1.807, 2.05) is 0 Å². The fourth-order valence-electron chi connectivity index (χ4n) is 2.47. The normalized spacial score (nSPS) is 23.3. The van der Waals surface area contributed by atoms with E-state index in [0.717, 1.165) is 19.3 Å². The number of rotatable bonds is 2. The van der Waals surface area contributed by atoms with Crippen molar-refractivity contribution in [3.8, 4) is 0 Å². The monoisotopic (exact) mass is 246 g/mol. The smallest absolute Gasteiger partial charge is 0.341 e. The van der Waals surface area contributed by atoms with Gasteiger partial charge in [-0.05, 0) is 25.0 Å². The summed E-state index contributed by atoms with van der Waals surface area (Å²) in [6.07, 6.45) is 4.85. The highest BCUT2D eigenvalue weighted by molar-refractivity contribution is 5.86. The Kier molecular flexibility index (Phi) is 3.47. The number of nitrogens with zero attached hydrogens (tertiary/aromatic N) is 2. The van der Waals surface area contributed by atoms with Gasteiger partial charge in [0.15, 0.2) is 0 Å². The van der Waals surface area contributed by atoms with Crippen molar-refractivity contribution in [3.05, 3.63) is 45.7 Å². The summed E-state index contributed by atoms with van der Waals surface area (Å²) >= 11 is 0. The highest BCUT2D eigenvalue weighted by atomic mass is 16.4. The van der Waals surface area contributed by atoms with Crippen molar-refractivity contribution < 1.29 is 9.90 Å². The summed E-state index contributed by atoms with van der Waals surface area (Å²) in [5, 5.41) is 8.92. The van der Waals surface area contributed by atoms with Gasteiger partial charge in [-0.3, -0.25) is 4.79 Å². The third-order valence-electron chi connectivity index (χ3n) is 3.40. The largest absolute Gasteiger partial charge is 0.477 e. The van der Waals surface area contributed by atoms with Gasteiger partial charge < -0.3 is 14.5 Å². The number of carboxylic acids is 1. The molecule has 18 heavy (non-hydrogen) atoms. The van der Waals surface area contributed by atoms with Crippen molar-refractivity contribution >= 4 is 5.97 Å². The fourth-order valence-corrected chi connectivity index (χ4v) is 2.47. The van der Waals surface area contributed by atoms with E-state index in [4.69, 9.17) is 11.7 Å². The van der Waals surface area contributed by atoms with Crippen LogP contribution in [0.4, 0.5) is 0 Å². The van der Waals surface area contributed by atoms with Gasteiger partial charge in [0.05, 0.1) is 0 Å². The van der Waals surface area contributed by atoms with E-state index in [0.29, 0.717) is 6.42 Å². The van der Waals surface area contributed by atoms with Gasteiger partial charge in [-0.2, -0.15) is 0 Å². The van der Waals surface area contributed by atoms with Crippen LogP contribution in [0.5, 0.6) is 0 Å². The second-order valence-electron chi connectivity index (χ2n) is 4.54. The van der Waals surface area contributed by atoms with Crippen LogP contribution < -0.4 is 5.56 Å². The van der Waals surface area contributed by atoms with Gasteiger partial charge in [-0.25, -0.2) is 11.4 Å². The Balaban J connectivity index is 2.34. The molecular formula is C13H14N2O3. The summed E-state index contributed by atoms with van der Waals surface area (Å²) in [6, 6.07) is 2.79. The molecule has 0 radical (unpaired) electrons. The molecule has 0 bridgehead atoms. The molecule has 1 aliphatic rings. The number of hydrogen-bond acceptors (Lipinski definition) is 2. The lowest BCUT2D eigenvalue weighted by Gasteiger charge is -2.24. The van der Waals surface area contributed by atoms with E-state index in [1.165, 1.54) is 10.6 Å². The topological polar surface area (TPSA) is 63.7 Å². The molecule has 5 heteroatoms. The fraction of sp³-hybridized carbons (Fsp3) is 0.462. The molecule has 0 amide bonds. The van der Waals surface area contributed by atoms with Crippen molar-refractivity contribution in [1.29, 1.82) is 0 Å². The summed E-state index contributed by atoms with van der Waals surface area (Å²) in [5.74, 6) is -1.20. The number of aromatic nitrogens is 1. The van der Waals surface area contributed by atoms with Crippen LogP contribution in [0.1, 0.15) is 42.1 Å². The van der Waals surface area contributed by atoms with Crippen molar-refractivity contribution in [1.82, 2.24) is 4.57 Å². The van der Waals surface area contributed by atoms with E-state index in [-0.39, 0.29) is 17.6 Å². The van der Waals surface area contributed by atoms with Gasteiger partial charge in [-0.1, -0.05) is 0 Å². The zero-order valence-electron chi connectivity index (χ0n) is 9.87. The van der Waals surface area contributed by atoms with Crippen LogP contribution in [0.2, 0.25) is 0 Å². The zero-order chi connectivity index (χ0) is 13.1. The first-order chi connectivity index (χ1) is 8.63. The summed E-state index contributed by atoms with van der Waals surface area (Å²) in [6.45, 7) is 7.06. The molecule has 1 saturated carbocycles. The van der Waals surface area contributed by atoms with Gasteiger partial charge in [0, 0.05) is 25.1 Å². The van der Waals surface area contributed by atoms with E-state index >= 15 is 0 Å². The van der Waals surface area contributed by atoms with E-state index in [2.05, 4.69) is 4.85 Å². The molecule has 0 spiro atoms. The number of carboxylic acid groups (broad SMARTS) is 1. The van der Waals surface area contributed by atoms with Crippen molar-refractivity contribution in [2.24, 2.45) is 0 Å². The molecule has 1 aromatic rings. The summed E-state index contributed by atoms with van der Waals surface area (Å²) in [7, 11) is 0. The van der Waals surface area contributed by atoms with Crippen LogP contribution in [0.3, 0.4) is 0 Å². The van der Waals surface area contributed by atoms with Crippen LogP contribution in [-0.2, 0) is 0 Å². The van der Waals surface area contributed by atoms with Crippen molar-refractivity contribution in [2.75, 3.05) is 0 Å². The standard InChI is InChI=1S/C13H14N2O3/c1-14-9-4-2-5-10(8-9)15-7-3-6-11(12(15)16)13(17)18/h3,6-7,9-10H,2,4-5,8H2,(H,17,18)/t9-,10+/m1/s1. The molecule has 2 atom stereocenters. The number of hydrogen-bond donors (Lipinski definition) is 1. The summed E-state index contributed by atoms with van der Waals surface area (Å²) in [4.78, 5) is 26.5. The number of pyridine rings is 1. The van der Waals surface area contributed by atoms with Crippen LogP contribution in [0.15, 0.2) is 23.1 Å². The predicted molar refractivity (Wildman–Crippen MR) is 65.6 cm³/mol. The predicted octanol–water partition coefficient (Wildman–Crippen LogP) is 1.95. The Morgan fingerprint density at radius 3 is 2.94 bits per heavy atom. The maximum absolute atomic E-state index is 12.0. The van der Waals surface area contributed by atoms with Crippen LogP contribution in [0, 0.1) is 6.57 Å². The lowest BCUT2D eigenvalue weighted by Crippen LogP contribution is -2.32. The first-order valence-electron chi connectivity index (χ1n) is 5.94. The molecule has 1 fully saturated rings. The highest BCUT2D eigenvalue weighted by Gasteiger charge is 2.27. The minimum atomic E-state index is -1.20. The molecule has 0 unspecified atom stereocenters. The third kappa shape index (κ3) is 2.28. The quantitative estimate of drug-likeness (QED) is 0.811. The lowest BCUT2D eigenvalue weighted by molar-refractivity contribution is 0.0694. The molecule has 0 saturated heterocycles. The van der Waals surface area contributed by atoms with E-state index < -0.39 is 11.5 Å². The number of carbonyl (C=O) groups is 1. The first-order valence-corrected chi connectivity index (χ1v) is 5.94. The second-order valence-corrected chi connectivity index (χ2v) is 4.54. The first kappa shape index (κ1) is 12.4. The minimum absolute atomic E-state index is 0.0513. The molecule has 0 aliphatic heterocycles. The highest BCUT2D eigenvalue weighted by Crippen LogP contribution is 2.29. The van der Waals surface area contributed by atoms with Gasteiger partial charge >= 0.3 is 5.97 Å². The maximum Gasteiger partial charge on any atom is 0.341 e. The van der Waals surface area contributed by atoms with Gasteiger partial charge in [0.2, 0.25) is 6.04 Å². The Labute approximate surface area is 104 Å². The molecule has 1 aliphatic carbocycles. The van der Waals surface area contributed by atoms with Crippen LogP contribution in [0.25, 0.3) is 4.85 Å². The molecule has 1 N–H and O–H groups in total. The summed E-state index contributed by atoms with van der Waals surface area (Å²) < 4.78 is 1.47. The SMILES string of the molecule is [C-]#[N+][C@@H]1CCC[C@H](n2cccc(C(=O)O)c2=O)C1. The second kappa shape index (κ2) is 5.05. The summed E-state index contributed by atoms with van der Waals surface area (Å²) in [5.41, 5.74) is -0.678. The van der Waals surface area contributed by atoms with Gasteiger partial charge in [-0.15, -0.1) is 0 Å². The third-order valence-corrected chi connectivity index (χ3v) is 3.40. The molecule has 0 aromatic carbocycles. The molecule has 2 rings (SSSR count). The maximum atomic E-state index is 12.0. The van der Waals surface area contributed by atoms with E-state index in [9.17, 15) is 9.59 Å². The molecule has 1 heterocycles. The average molecular weight is 246 g/mol.